The Balaban J connectivity index is 1.59. The van der Waals surface area contributed by atoms with Gasteiger partial charge in [-0.15, -0.1) is 0 Å². The molecule has 0 unspecified atom stereocenters. The van der Waals surface area contributed by atoms with Gasteiger partial charge in [-0.25, -0.2) is 15.0 Å². The summed E-state index contributed by atoms with van der Waals surface area (Å²) in [6.45, 7) is 5.89. The van der Waals surface area contributed by atoms with Crippen LogP contribution >= 0.6 is 0 Å². The molecule has 1 aliphatic rings. The summed E-state index contributed by atoms with van der Waals surface area (Å²) in [7, 11) is 0. The van der Waals surface area contributed by atoms with E-state index in [9.17, 15) is 0 Å². The summed E-state index contributed by atoms with van der Waals surface area (Å²) in [5, 5.41) is 0. The topological polar surface area (TPSA) is 101 Å². The maximum Gasteiger partial charge on any atom is 0.245 e. The van der Waals surface area contributed by atoms with E-state index in [4.69, 9.17) is 20.2 Å². The molecule has 8 heteroatoms. The van der Waals surface area contributed by atoms with Crippen molar-refractivity contribution in [3.8, 4) is 23.1 Å². The molecule has 0 amide bonds. The Bertz CT molecular complexity index is 1270. The van der Waals surface area contributed by atoms with E-state index in [1.807, 2.05) is 37.4 Å². The lowest BCUT2D eigenvalue weighted by Gasteiger charge is -2.12. The second-order valence-electron chi connectivity index (χ2n) is 8.74. The molecule has 1 aromatic carbocycles. The first-order chi connectivity index (χ1) is 16.1. The number of aryl methyl sites for hydroxylation is 1. The van der Waals surface area contributed by atoms with Crippen LogP contribution in [0.5, 0.6) is 11.8 Å². The number of rotatable bonds is 9. The number of aromatic nitrogens is 5. The van der Waals surface area contributed by atoms with Crippen molar-refractivity contribution in [3.63, 3.8) is 0 Å². The molecule has 0 radical (unpaired) electrons. The van der Waals surface area contributed by atoms with E-state index in [0.717, 1.165) is 47.4 Å². The second kappa shape index (κ2) is 8.78. The van der Waals surface area contributed by atoms with Crippen LogP contribution < -0.4 is 15.2 Å². The lowest BCUT2D eigenvalue weighted by molar-refractivity contribution is 0.194. The van der Waals surface area contributed by atoms with Gasteiger partial charge in [0.15, 0.2) is 11.2 Å². The van der Waals surface area contributed by atoms with Gasteiger partial charge in [-0.2, -0.15) is 4.98 Å². The lowest BCUT2D eigenvalue weighted by Crippen LogP contribution is -2.13. The molecular weight excluding hydrogens is 416 g/mol. The van der Waals surface area contributed by atoms with Crippen LogP contribution in [-0.4, -0.2) is 43.3 Å². The first-order valence-electron chi connectivity index (χ1n) is 11.3. The summed E-state index contributed by atoms with van der Waals surface area (Å²) in [5.41, 5.74) is 9.89. The van der Waals surface area contributed by atoms with Crippen LogP contribution in [0.25, 0.3) is 22.6 Å². The van der Waals surface area contributed by atoms with Gasteiger partial charge in [-0.05, 0) is 50.8 Å². The Kier molecular flexibility index (Phi) is 5.68. The number of pyridine rings is 1. The number of fused-ring (bicyclic) bond motifs is 1. The summed E-state index contributed by atoms with van der Waals surface area (Å²) < 4.78 is 14.0. The molecule has 0 bridgehead atoms. The molecule has 4 aromatic rings. The van der Waals surface area contributed by atoms with E-state index in [1.54, 1.807) is 6.33 Å². The van der Waals surface area contributed by atoms with Gasteiger partial charge in [-0.1, -0.05) is 30.3 Å². The highest BCUT2D eigenvalue weighted by molar-refractivity contribution is 5.82. The van der Waals surface area contributed by atoms with Crippen molar-refractivity contribution in [3.05, 3.63) is 60.0 Å². The molecule has 170 valence electrons. The second-order valence-corrected chi connectivity index (χ2v) is 8.74. The van der Waals surface area contributed by atoms with Crippen molar-refractivity contribution < 1.29 is 9.47 Å². The van der Waals surface area contributed by atoms with Crippen LogP contribution in [0.3, 0.4) is 0 Å². The molecule has 1 fully saturated rings. The van der Waals surface area contributed by atoms with E-state index in [1.165, 1.54) is 0 Å². The van der Waals surface area contributed by atoms with Crippen molar-refractivity contribution in [2.75, 3.05) is 13.2 Å². The van der Waals surface area contributed by atoms with Gasteiger partial charge >= 0.3 is 0 Å². The van der Waals surface area contributed by atoms with Crippen molar-refractivity contribution >= 4 is 11.2 Å². The first-order valence-corrected chi connectivity index (χ1v) is 11.3. The predicted molar refractivity (Wildman–Crippen MR) is 126 cm³/mol. The zero-order valence-electron chi connectivity index (χ0n) is 19.0. The fourth-order valence-electron chi connectivity index (χ4n) is 3.73. The third-order valence-corrected chi connectivity index (χ3v) is 5.90. The van der Waals surface area contributed by atoms with Gasteiger partial charge in [-0.3, -0.25) is 0 Å². The normalized spacial score (nSPS) is 14.4. The minimum Gasteiger partial charge on any atom is -0.478 e. The molecule has 0 saturated heterocycles. The quantitative estimate of drug-likeness (QED) is 0.391. The molecular formula is C25H28N6O2. The molecule has 0 aliphatic heterocycles. The summed E-state index contributed by atoms with van der Waals surface area (Å²) >= 11 is 0. The maximum absolute atomic E-state index is 6.21. The Morgan fingerprint density at radius 3 is 2.67 bits per heavy atom. The van der Waals surface area contributed by atoms with Gasteiger partial charge < -0.3 is 19.8 Å². The fraction of sp³-hybridized carbons (Fsp3) is 0.360. The van der Waals surface area contributed by atoms with Gasteiger partial charge in [0.2, 0.25) is 11.8 Å². The van der Waals surface area contributed by atoms with Crippen molar-refractivity contribution in [2.45, 2.75) is 45.3 Å². The van der Waals surface area contributed by atoms with E-state index in [-0.39, 0.29) is 5.60 Å². The number of imidazole rings is 1. The molecule has 1 saturated carbocycles. The van der Waals surface area contributed by atoms with Crippen LogP contribution in [0.2, 0.25) is 0 Å². The van der Waals surface area contributed by atoms with E-state index in [0.29, 0.717) is 37.0 Å². The van der Waals surface area contributed by atoms with Gasteiger partial charge in [0.1, 0.15) is 17.8 Å². The number of nitrogens with two attached hydrogens (primary N) is 1. The average molecular weight is 445 g/mol. The fourth-order valence-corrected chi connectivity index (χ4v) is 3.73. The highest BCUT2D eigenvalue weighted by atomic mass is 16.5. The highest BCUT2D eigenvalue weighted by Crippen LogP contribution is 2.41. The van der Waals surface area contributed by atoms with Crippen LogP contribution in [-0.2, 0) is 6.54 Å². The summed E-state index contributed by atoms with van der Waals surface area (Å²) in [4.78, 5) is 18.5. The monoisotopic (exact) mass is 444 g/mol. The molecule has 3 heterocycles. The molecule has 1 aliphatic carbocycles. The number of hydrogen-bond acceptors (Lipinski definition) is 7. The largest absolute Gasteiger partial charge is 0.478 e. The van der Waals surface area contributed by atoms with Crippen molar-refractivity contribution in [1.29, 1.82) is 0 Å². The molecule has 2 N–H and O–H groups in total. The Hall–Kier alpha value is -3.52. The van der Waals surface area contributed by atoms with Crippen molar-refractivity contribution in [1.82, 2.24) is 24.5 Å². The SMILES string of the molecule is Cc1cc(OCCCN)ncc1-c1nc2c(OC3(C)CC3)ncnc2n1Cc1ccccc1. The molecule has 0 spiro atoms. The van der Waals surface area contributed by atoms with Gasteiger partial charge in [0.05, 0.1) is 13.2 Å². The molecule has 3 aromatic heterocycles. The molecule has 8 nitrogen and oxygen atoms in total. The number of benzene rings is 1. The van der Waals surface area contributed by atoms with Gasteiger partial charge in [0, 0.05) is 17.8 Å². The highest BCUT2D eigenvalue weighted by Gasteiger charge is 2.41. The minimum absolute atomic E-state index is 0.162. The third kappa shape index (κ3) is 4.52. The molecule has 5 rings (SSSR count). The van der Waals surface area contributed by atoms with Crippen LogP contribution in [0, 0.1) is 6.92 Å². The summed E-state index contributed by atoms with van der Waals surface area (Å²) in [5.74, 6) is 1.89. The summed E-state index contributed by atoms with van der Waals surface area (Å²) in [6, 6.07) is 12.2. The smallest absolute Gasteiger partial charge is 0.245 e. The van der Waals surface area contributed by atoms with Crippen LogP contribution in [0.4, 0.5) is 0 Å². The average Bonchev–Trinajstić information content (AvgIpc) is 3.43. The van der Waals surface area contributed by atoms with Crippen LogP contribution in [0.15, 0.2) is 48.9 Å². The number of ether oxygens (including phenoxy) is 2. The predicted octanol–water partition coefficient (Wildman–Crippen LogP) is 3.90. The number of hydrogen-bond donors (Lipinski definition) is 1. The minimum atomic E-state index is -0.162. The van der Waals surface area contributed by atoms with Crippen LogP contribution in [0.1, 0.15) is 37.3 Å². The Morgan fingerprint density at radius 1 is 1.12 bits per heavy atom. The Labute approximate surface area is 192 Å². The zero-order valence-corrected chi connectivity index (χ0v) is 19.0. The maximum atomic E-state index is 6.21. The van der Waals surface area contributed by atoms with Crippen molar-refractivity contribution in [2.24, 2.45) is 5.73 Å². The first kappa shape index (κ1) is 21.3. The number of nitrogens with zero attached hydrogens (tertiary/aromatic N) is 5. The van der Waals surface area contributed by atoms with E-state index >= 15 is 0 Å². The zero-order chi connectivity index (χ0) is 22.8. The summed E-state index contributed by atoms with van der Waals surface area (Å²) in [6.07, 6.45) is 6.19. The van der Waals surface area contributed by atoms with Gasteiger partial charge in [0.25, 0.3) is 0 Å². The lowest BCUT2D eigenvalue weighted by atomic mass is 10.1. The molecule has 33 heavy (non-hydrogen) atoms. The van der Waals surface area contributed by atoms with E-state index in [2.05, 4.69) is 38.6 Å². The third-order valence-electron chi connectivity index (χ3n) is 5.90. The molecule has 0 atom stereocenters. The Morgan fingerprint density at radius 2 is 1.94 bits per heavy atom. The van der Waals surface area contributed by atoms with E-state index < -0.39 is 0 Å². The standard InChI is InChI=1S/C25H28N6O2/c1-17-13-20(32-12-6-11-26)27-14-19(17)22-30-21-23(31(22)15-18-7-4-3-5-8-18)28-16-29-24(21)33-25(2)9-10-25/h3-5,7-8,13-14,16H,6,9-12,15,26H2,1-2H3.